The summed E-state index contributed by atoms with van der Waals surface area (Å²) in [6.45, 7) is 6.73. The maximum atomic E-state index is 14.1. The predicted octanol–water partition coefficient (Wildman–Crippen LogP) is 5.17. The van der Waals surface area contributed by atoms with Gasteiger partial charge >= 0.3 is 5.97 Å². The van der Waals surface area contributed by atoms with Gasteiger partial charge in [-0.25, -0.2) is 9.18 Å². The third kappa shape index (κ3) is 5.98. The quantitative estimate of drug-likeness (QED) is 0.302. The van der Waals surface area contributed by atoms with Crippen molar-refractivity contribution in [1.29, 1.82) is 0 Å². The summed E-state index contributed by atoms with van der Waals surface area (Å²) >= 11 is 12.7. The topological polar surface area (TPSA) is 88.5 Å². The van der Waals surface area contributed by atoms with E-state index in [1.54, 1.807) is 24.1 Å². The summed E-state index contributed by atoms with van der Waals surface area (Å²) in [6.07, 6.45) is 3.17. The second-order valence-corrected chi connectivity index (χ2v) is 9.27. The average molecular weight is 538 g/mol. The monoisotopic (exact) mass is 537 g/mol. The first-order valence-electron chi connectivity index (χ1n) is 10.7. The van der Waals surface area contributed by atoms with E-state index in [0.717, 1.165) is 11.3 Å². The number of benzene rings is 1. The van der Waals surface area contributed by atoms with Crippen molar-refractivity contribution >= 4 is 62.8 Å². The van der Waals surface area contributed by atoms with Crippen LogP contribution in [0.4, 0.5) is 15.1 Å². The fourth-order valence-corrected chi connectivity index (χ4v) is 5.11. The number of rotatable bonds is 8. The van der Waals surface area contributed by atoms with Gasteiger partial charge in [-0.3, -0.25) is 9.48 Å². The Labute approximate surface area is 217 Å². The number of hydrogen-bond donors (Lipinski definition) is 2. The van der Waals surface area contributed by atoms with Crippen LogP contribution in [0, 0.1) is 12.7 Å². The smallest absolute Gasteiger partial charge is 0.341 e. The predicted molar refractivity (Wildman–Crippen MR) is 140 cm³/mol. The van der Waals surface area contributed by atoms with Gasteiger partial charge in [0.25, 0.3) is 5.91 Å². The highest BCUT2D eigenvalue weighted by Gasteiger charge is 2.27. The van der Waals surface area contributed by atoms with Crippen LogP contribution in [0.3, 0.4) is 0 Å². The molecule has 2 N–H and O–H groups in total. The van der Waals surface area contributed by atoms with Crippen LogP contribution in [-0.4, -0.2) is 51.9 Å². The van der Waals surface area contributed by atoms with E-state index in [1.807, 2.05) is 13.8 Å². The second-order valence-electron chi connectivity index (χ2n) is 7.44. The van der Waals surface area contributed by atoms with Gasteiger partial charge in [0.15, 0.2) is 5.11 Å². The molecule has 0 spiro atoms. The lowest BCUT2D eigenvalue weighted by atomic mass is 10.1. The number of carbonyl (C=O) groups excluding carboxylic acids is 2. The van der Waals surface area contributed by atoms with Crippen LogP contribution in [0.1, 0.15) is 45.0 Å². The van der Waals surface area contributed by atoms with E-state index >= 15 is 0 Å². The van der Waals surface area contributed by atoms with Gasteiger partial charge in [0.2, 0.25) is 0 Å². The summed E-state index contributed by atoms with van der Waals surface area (Å²) in [5, 5.41) is 11.1. The zero-order chi connectivity index (χ0) is 25.7. The number of hydrogen-bond acceptors (Lipinski definition) is 6. The van der Waals surface area contributed by atoms with E-state index in [4.69, 9.17) is 28.6 Å². The molecule has 0 aliphatic rings. The van der Waals surface area contributed by atoms with Gasteiger partial charge in [0.05, 0.1) is 36.0 Å². The molecule has 8 nitrogen and oxygen atoms in total. The molecule has 3 rings (SSSR count). The molecule has 0 bridgehead atoms. The molecule has 186 valence electrons. The van der Waals surface area contributed by atoms with E-state index in [2.05, 4.69) is 15.7 Å². The first-order valence-corrected chi connectivity index (χ1v) is 12.3. The highest BCUT2D eigenvalue weighted by molar-refractivity contribution is 7.80. The molecule has 3 aromatic rings. The lowest BCUT2D eigenvalue weighted by molar-refractivity contribution is 0.0601. The fourth-order valence-electron chi connectivity index (χ4n) is 3.43. The van der Waals surface area contributed by atoms with Gasteiger partial charge in [0.1, 0.15) is 10.8 Å². The zero-order valence-electron chi connectivity index (χ0n) is 19.6. The Hall–Kier alpha value is -3.02. The number of halogens is 2. The molecule has 0 aliphatic carbocycles. The van der Waals surface area contributed by atoms with Gasteiger partial charge in [-0.1, -0.05) is 17.7 Å². The standard InChI is InChI=1S/C23H25ClFN5O3S2/c1-5-29(6-2)21(31)19-13(3)18(22(32)33-4)20(35-19)28-23(34)27-14-10-26-30(11-14)12-15-16(24)8-7-9-17(15)25/h7-11H,5-6,12H2,1-4H3,(H2,27,28,34). The van der Waals surface area contributed by atoms with Gasteiger partial charge in [-0.15, -0.1) is 11.3 Å². The molecule has 0 saturated carbocycles. The number of thiocarbonyl (C=S) groups is 1. The van der Waals surface area contributed by atoms with E-state index in [0.29, 0.717) is 44.8 Å². The fraction of sp³-hybridized carbons (Fsp3) is 0.304. The minimum atomic E-state index is -0.572. The summed E-state index contributed by atoms with van der Waals surface area (Å²) in [7, 11) is 1.28. The minimum absolute atomic E-state index is 0.140. The molecular formula is C23H25ClFN5O3S2. The SMILES string of the molecule is CCN(CC)C(=O)c1sc(NC(=S)Nc2cnn(Cc3c(F)cccc3Cl)c2)c(C(=O)OC)c1C. The van der Waals surface area contributed by atoms with Crippen molar-refractivity contribution in [3.63, 3.8) is 0 Å². The first-order chi connectivity index (χ1) is 16.7. The Bertz CT molecular complexity index is 1240. The molecule has 0 radical (unpaired) electrons. The number of thiophene rings is 1. The Morgan fingerprint density at radius 3 is 2.63 bits per heavy atom. The van der Waals surface area contributed by atoms with Crippen molar-refractivity contribution in [2.45, 2.75) is 27.3 Å². The molecule has 35 heavy (non-hydrogen) atoms. The number of ether oxygens (including phenoxy) is 1. The summed E-state index contributed by atoms with van der Waals surface area (Å²) < 4.78 is 20.5. The van der Waals surface area contributed by atoms with Crippen LogP contribution in [-0.2, 0) is 11.3 Å². The summed E-state index contributed by atoms with van der Waals surface area (Å²) in [6, 6.07) is 4.49. The van der Waals surface area contributed by atoms with Crippen molar-refractivity contribution in [1.82, 2.24) is 14.7 Å². The van der Waals surface area contributed by atoms with Gasteiger partial charge in [-0.2, -0.15) is 5.10 Å². The molecule has 0 atom stereocenters. The average Bonchev–Trinajstić information content (AvgIpc) is 3.40. The van der Waals surface area contributed by atoms with Crippen LogP contribution in [0.25, 0.3) is 0 Å². The molecule has 12 heteroatoms. The van der Waals surface area contributed by atoms with Crippen molar-refractivity contribution in [2.75, 3.05) is 30.8 Å². The molecule has 0 fully saturated rings. The number of esters is 1. The number of nitrogens with one attached hydrogen (secondary N) is 2. The maximum Gasteiger partial charge on any atom is 0.341 e. The van der Waals surface area contributed by atoms with Crippen molar-refractivity contribution < 1.29 is 18.7 Å². The lowest BCUT2D eigenvalue weighted by Gasteiger charge is -2.17. The summed E-state index contributed by atoms with van der Waals surface area (Å²) in [5.74, 6) is -1.15. The second kappa shape index (κ2) is 11.6. The summed E-state index contributed by atoms with van der Waals surface area (Å²) in [5.41, 5.74) is 1.65. The van der Waals surface area contributed by atoms with Gasteiger partial charge in [-0.05, 0) is 50.7 Å². The number of nitrogens with zero attached hydrogens (tertiary/aromatic N) is 3. The molecular weight excluding hydrogens is 513 g/mol. The van der Waals surface area contributed by atoms with Crippen LogP contribution in [0.15, 0.2) is 30.6 Å². The first kappa shape index (κ1) is 26.6. The van der Waals surface area contributed by atoms with E-state index in [1.165, 1.54) is 30.1 Å². The normalized spacial score (nSPS) is 10.7. The van der Waals surface area contributed by atoms with Crippen molar-refractivity contribution in [3.05, 3.63) is 63.0 Å². The molecule has 0 aliphatic heterocycles. The molecule has 0 unspecified atom stereocenters. The van der Waals surface area contributed by atoms with Crippen molar-refractivity contribution in [3.8, 4) is 0 Å². The number of anilines is 2. The minimum Gasteiger partial charge on any atom is -0.465 e. The number of carbonyl (C=O) groups is 2. The van der Waals surface area contributed by atoms with E-state index < -0.39 is 11.8 Å². The summed E-state index contributed by atoms with van der Waals surface area (Å²) in [4.78, 5) is 27.5. The Balaban J connectivity index is 1.78. The third-order valence-electron chi connectivity index (χ3n) is 5.28. The van der Waals surface area contributed by atoms with Crippen LogP contribution < -0.4 is 10.6 Å². The van der Waals surface area contributed by atoms with Gasteiger partial charge < -0.3 is 20.3 Å². The third-order valence-corrected chi connectivity index (χ3v) is 7.03. The lowest BCUT2D eigenvalue weighted by Crippen LogP contribution is -2.30. The van der Waals surface area contributed by atoms with Crippen LogP contribution >= 0.6 is 35.2 Å². The molecule has 1 amide bonds. The van der Waals surface area contributed by atoms with Gasteiger partial charge in [0, 0.05) is 29.9 Å². The Morgan fingerprint density at radius 1 is 1.29 bits per heavy atom. The molecule has 2 aromatic heterocycles. The number of amides is 1. The van der Waals surface area contributed by atoms with Crippen molar-refractivity contribution in [2.24, 2.45) is 0 Å². The highest BCUT2D eigenvalue weighted by Crippen LogP contribution is 2.34. The highest BCUT2D eigenvalue weighted by atomic mass is 35.5. The maximum absolute atomic E-state index is 14.1. The number of methoxy groups -OCH3 is 1. The Kier molecular flexibility index (Phi) is 8.82. The number of aromatic nitrogens is 2. The van der Waals surface area contributed by atoms with E-state index in [-0.39, 0.29) is 23.1 Å². The molecule has 1 aromatic carbocycles. The van der Waals surface area contributed by atoms with E-state index in [9.17, 15) is 14.0 Å². The Morgan fingerprint density at radius 2 is 2.00 bits per heavy atom. The zero-order valence-corrected chi connectivity index (χ0v) is 22.0. The molecule has 2 heterocycles. The largest absolute Gasteiger partial charge is 0.465 e. The molecule has 0 saturated heterocycles. The van der Waals surface area contributed by atoms with Crippen LogP contribution in [0.5, 0.6) is 0 Å². The van der Waals surface area contributed by atoms with Crippen LogP contribution in [0.2, 0.25) is 5.02 Å².